The van der Waals surface area contributed by atoms with Gasteiger partial charge in [-0.25, -0.2) is 0 Å². The summed E-state index contributed by atoms with van der Waals surface area (Å²) in [6.07, 6.45) is 0. The predicted octanol–water partition coefficient (Wildman–Crippen LogP) is 7.64. The molecule has 4 nitrogen and oxygen atoms in total. The zero-order valence-corrected chi connectivity index (χ0v) is 20.7. The fourth-order valence-electron chi connectivity index (χ4n) is 4.71. The van der Waals surface area contributed by atoms with Gasteiger partial charge in [0.05, 0.1) is 0 Å². The maximum atomic E-state index is 11.1. The maximum absolute atomic E-state index is 11.1. The number of benzene rings is 5. The summed E-state index contributed by atoms with van der Waals surface area (Å²) in [5.41, 5.74) is 8.11. The lowest BCUT2D eigenvalue weighted by Crippen LogP contribution is -2.06. The lowest BCUT2D eigenvalue weighted by atomic mass is 9.81. The van der Waals surface area contributed by atoms with Crippen LogP contribution >= 0.6 is 0 Å². The van der Waals surface area contributed by atoms with Crippen molar-refractivity contribution in [3.05, 3.63) is 131 Å². The SMILES string of the molecule is Cc1ccc(C(c2cc(-c3ccc(O)cc3)ccc2O)c2cc(-c3ccc(O)cc3)ccc2O)cc1C. The minimum Gasteiger partial charge on any atom is -0.508 e. The van der Waals surface area contributed by atoms with Crippen LogP contribution in [0.15, 0.2) is 103 Å². The van der Waals surface area contributed by atoms with Crippen molar-refractivity contribution in [3.63, 3.8) is 0 Å². The first kappa shape index (κ1) is 24.0. The van der Waals surface area contributed by atoms with Gasteiger partial charge in [-0.05, 0) is 101 Å². The van der Waals surface area contributed by atoms with Crippen LogP contribution in [0, 0.1) is 13.8 Å². The normalized spacial score (nSPS) is 11.1. The number of aryl methyl sites for hydroxylation is 2. The smallest absolute Gasteiger partial charge is 0.119 e. The van der Waals surface area contributed by atoms with Crippen LogP contribution in [0.25, 0.3) is 22.3 Å². The summed E-state index contributed by atoms with van der Waals surface area (Å²) in [7, 11) is 0. The van der Waals surface area contributed by atoms with E-state index < -0.39 is 5.92 Å². The lowest BCUT2D eigenvalue weighted by molar-refractivity contribution is 0.458. The minimum absolute atomic E-state index is 0.125. The van der Waals surface area contributed by atoms with E-state index in [1.165, 1.54) is 0 Å². The minimum atomic E-state index is -0.451. The number of rotatable bonds is 5. The molecule has 0 aliphatic heterocycles. The van der Waals surface area contributed by atoms with Crippen LogP contribution in [0.5, 0.6) is 23.0 Å². The molecule has 0 aliphatic carbocycles. The molecule has 0 fully saturated rings. The maximum Gasteiger partial charge on any atom is 0.119 e. The molecule has 0 unspecified atom stereocenters. The number of hydrogen-bond acceptors (Lipinski definition) is 4. The van der Waals surface area contributed by atoms with Crippen LogP contribution in [0.3, 0.4) is 0 Å². The summed E-state index contributed by atoms with van der Waals surface area (Å²) < 4.78 is 0. The third-order valence-corrected chi connectivity index (χ3v) is 6.94. The van der Waals surface area contributed by atoms with E-state index in [1.54, 1.807) is 36.4 Å². The molecule has 5 aromatic rings. The van der Waals surface area contributed by atoms with E-state index in [2.05, 4.69) is 26.0 Å². The van der Waals surface area contributed by atoms with Crippen molar-refractivity contribution in [1.82, 2.24) is 0 Å². The Kier molecular flexibility index (Phi) is 6.33. The molecule has 4 heteroatoms. The molecule has 0 heterocycles. The highest BCUT2D eigenvalue weighted by atomic mass is 16.3. The van der Waals surface area contributed by atoms with E-state index in [9.17, 15) is 20.4 Å². The van der Waals surface area contributed by atoms with E-state index in [-0.39, 0.29) is 23.0 Å². The molecule has 5 aromatic carbocycles. The topological polar surface area (TPSA) is 80.9 Å². The number of phenolic OH excluding ortho intramolecular Hbond substituents is 4. The fraction of sp³-hybridized carbons (Fsp3) is 0.0909. The van der Waals surface area contributed by atoms with E-state index in [0.717, 1.165) is 38.9 Å². The summed E-state index contributed by atoms with van der Waals surface area (Å²) >= 11 is 0. The third-order valence-electron chi connectivity index (χ3n) is 6.94. The van der Waals surface area contributed by atoms with Gasteiger partial charge in [0, 0.05) is 17.0 Å². The van der Waals surface area contributed by atoms with Crippen LogP contribution < -0.4 is 0 Å². The van der Waals surface area contributed by atoms with Crippen LogP contribution in [-0.2, 0) is 0 Å². The molecule has 184 valence electrons. The van der Waals surface area contributed by atoms with Crippen LogP contribution in [0.1, 0.15) is 33.7 Å². The van der Waals surface area contributed by atoms with Gasteiger partial charge in [-0.2, -0.15) is 0 Å². The first-order valence-corrected chi connectivity index (χ1v) is 12.1. The Balaban J connectivity index is 1.72. The largest absolute Gasteiger partial charge is 0.508 e. The average molecular weight is 489 g/mol. The van der Waals surface area contributed by atoms with Gasteiger partial charge in [0.1, 0.15) is 23.0 Å². The van der Waals surface area contributed by atoms with Crippen molar-refractivity contribution in [2.45, 2.75) is 19.8 Å². The fourth-order valence-corrected chi connectivity index (χ4v) is 4.71. The molecule has 0 aromatic heterocycles. The first-order chi connectivity index (χ1) is 17.8. The second kappa shape index (κ2) is 9.75. The van der Waals surface area contributed by atoms with Crippen LogP contribution in [0.2, 0.25) is 0 Å². The Morgan fingerprint density at radius 2 is 0.865 bits per heavy atom. The zero-order valence-electron chi connectivity index (χ0n) is 20.7. The van der Waals surface area contributed by atoms with Gasteiger partial charge >= 0.3 is 0 Å². The zero-order chi connectivity index (χ0) is 26.1. The Hall–Kier alpha value is -4.70. The lowest BCUT2D eigenvalue weighted by Gasteiger charge is -2.23. The summed E-state index contributed by atoms with van der Waals surface area (Å²) in [5, 5.41) is 41.6. The summed E-state index contributed by atoms with van der Waals surface area (Å²) in [6.45, 7) is 4.11. The van der Waals surface area contributed by atoms with Crippen molar-refractivity contribution < 1.29 is 20.4 Å². The van der Waals surface area contributed by atoms with Gasteiger partial charge in [0.2, 0.25) is 0 Å². The third kappa shape index (κ3) is 4.87. The monoisotopic (exact) mass is 488 g/mol. The Labute approximate surface area is 216 Å². The Morgan fingerprint density at radius 1 is 0.432 bits per heavy atom. The summed E-state index contributed by atoms with van der Waals surface area (Å²) in [5.74, 6) is 0.173. The molecule has 37 heavy (non-hydrogen) atoms. The first-order valence-electron chi connectivity index (χ1n) is 12.1. The molecular formula is C33H28O4. The van der Waals surface area contributed by atoms with Gasteiger partial charge in [0.25, 0.3) is 0 Å². The molecule has 0 radical (unpaired) electrons. The van der Waals surface area contributed by atoms with Crippen LogP contribution in [0.4, 0.5) is 0 Å². The molecule has 0 bridgehead atoms. The second-order valence-electron chi connectivity index (χ2n) is 9.42. The van der Waals surface area contributed by atoms with Gasteiger partial charge in [-0.3, -0.25) is 0 Å². The molecule has 0 aliphatic rings. The highest BCUT2D eigenvalue weighted by Crippen LogP contribution is 2.43. The second-order valence-corrected chi connectivity index (χ2v) is 9.42. The van der Waals surface area contributed by atoms with Gasteiger partial charge in [-0.15, -0.1) is 0 Å². The van der Waals surface area contributed by atoms with E-state index in [4.69, 9.17) is 0 Å². The standard InChI is InChI=1S/C33H28O4/c1-20-3-4-26(17-21(20)2)33(29-18-24(9-15-31(29)36)22-5-11-27(34)12-6-22)30-19-25(10-16-32(30)37)23-7-13-28(35)14-8-23/h3-19,33-37H,1-2H3. The molecular weight excluding hydrogens is 460 g/mol. The molecule has 0 saturated carbocycles. The van der Waals surface area contributed by atoms with Crippen molar-refractivity contribution in [3.8, 4) is 45.3 Å². The van der Waals surface area contributed by atoms with Crippen molar-refractivity contribution in [1.29, 1.82) is 0 Å². The Morgan fingerprint density at radius 3 is 1.30 bits per heavy atom. The molecule has 0 spiro atoms. The molecule has 4 N–H and O–H groups in total. The van der Waals surface area contributed by atoms with Crippen molar-refractivity contribution in [2.24, 2.45) is 0 Å². The van der Waals surface area contributed by atoms with Crippen molar-refractivity contribution in [2.75, 3.05) is 0 Å². The quantitative estimate of drug-likeness (QED) is 0.192. The van der Waals surface area contributed by atoms with E-state index >= 15 is 0 Å². The number of aromatic hydroxyl groups is 4. The average Bonchev–Trinajstić information content (AvgIpc) is 2.89. The number of hydrogen-bond donors (Lipinski definition) is 4. The number of phenols is 4. The van der Waals surface area contributed by atoms with Gasteiger partial charge < -0.3 is 20.4 Å². The molecule has 5 rings (SSSR count). The van der Waals surface area contributed by atoms with E-state index in [0.29, 0.717) is 11.1 Å². The predicted molar refractivity (Wildman–Crippen MR) is 147 cm³/mol. The van der Waals surface area contributed by atoms with E-state index in [1.807, 2.05) is 54.6 Å². The van der Waals surface area contributed by atoms with Crippen LogP contribution in [-0.4, -0.2) is 20.4 Å². The highest BCUT2D eigenvalue weighted by molar-refractivity contribution is 5.71. The molecule has 0 amide bonds. The highest BCUT2D eigenvalue weighted by Gasteiger charge is 2.24. The molecule has 0 atom stereocenters. The molecule has 0 saturated heterocycles. The van der Waals surface area contributed by atoms with Crippen molar-refractivity contribution >= 4 is 0 Å². The van der Waals surface area contributed by atoms with Gasteiger partial charge in [0.15, 0.2) is 0 Å². The summed E-state index contributed by atoms with van der Waals surface area (Å²) in [6, 6.07) is 31.0. The van der Waals surface area contributed by atoms with Gasteiger partial charge in [-0.1, -0.05) is 54.6 Å². The summed E-state index contributed by atoms with van der Waals surface area (Å²) in [4.78, 5) is 0. The Bertz CT molecular complexity index is 1470.